The minimum absolute atomic E-state index is 0.608. The van der Waals surface area contributed by atoms with E-state index in [2.05, 4.69) is 10.6 Å². The summed E-state index contributed by atoms with van der Waals surface area (Å²) in [5.74, 6) is 2.50. The quantitative estimate of drug-likeness (QED) is 0.578. The van der Waals surface area contributed by atoms with Gasteiger partial charge in [0.2, 0.25) is 0 Å². The van der Waals surface area contributed by atoms with Crippen molar-refractivity contribution in [2.75, 3.05) is 11.0 Å². The molecule has 0 radical (unpaired) electrons. The van der Waals surface area contributed by atoms with Gasteiger partial charge in [0.05, 0.1) is 5.02 Å². The third kappa shape index (κ3) is 2.10. The maximum Gasteiger partial charge on any atom is 0.0583 e. The van der Waals surface area contributed by atoms with Gasteiger partial charge in [0.25, 0.3) is 0 Å². The Balaban J connectivity index is 2.96. The van der Waals surface area contributed by atoms with Gasteiger partial charge < -0.3 is 4.72 Å². The highest BCUT2D eigenvalue weighted by molar-refractivity contribution is 7.99. The van der Waals surface area contributed by atoms with E-state index in [1.54, 1.807) is 0 Å². The number of nitrogens with one attached hydrogen (secondary N) is 1. The second-order valence-electron chi connectivity index (χ2n) is 2.15. The van der Waals surface area contributed by atoms with E-state index in [1.165, 1.54) is 11.9 Å². The Hall–Kier alpha value is -0.780. The van der Waals surface area contributed by atoms with Crippen LogP contribution in [0.5, 0.6) is 0 Å². The standard InChI is InChI=1S/C9H8ClNS/c1-3-7-4-5-8(11-12-2)6-9(7)10/h1,4-6,11H,2H3. The molecule has 1 aromatic rings. The first kappa shape index (κ1) is 9.31. The van der Waals surface area contributed by atoms with Crippen molar-refractivity contribution in [3.63, 3.8) is 0 Å². The second kappa shape index (κ2) is 4.30. The summed E-state index contributed by atoms with van der Waals surface area (Å²) < 4.78 is 3.06. The first-order valence-corrected chi connectivity index (χ1v) is 4.93. The van der Waals surface area contributed by atoms with E-state index >= 15 is 0 Å². The van der Waals surface area contributed by atoms with Crippen molar-refractivity contribution in [1.82, 2.24) is 0 Å². The zero-order chi connectivity index (χ0) is 8.97. The fourth-order valence-corrected chi connectivity index (χ4v) is 1.41. The van der Waals surface area contributed by atoms with Gasteiger partial charge in [-0.1, -0.05) is 29.5 Å². The first-order valence-electron chi connectivity index (χ1n) is 3.33. The SMILES string of the molecule is C#Cc1ccc(NSC)cc1Cl. The molecule has 0 unspecified atom stereocenters. The highest BCUT2D eigenvalue weighted by Gasteiger charge is 1.97. The summed E-state index contributed by atoms with van der Waals surface area (Å²) in [6.07, 6.45) is 7.16. The lowest BCUT2D eigenvalue weighted by Crippen LogP contribution is -1.85. The molecule has 1 nitrogen and oxygen atoms in total. The minimum atomic E-state index is 0.608. The largest absolute Gasteiger partial charge is 0.330 e. The second-order valence-corrected chi connectivity index (χ2v) is 3.16. The normalized spacial score (nSPS) is 9.08. The summed E-state index contributed by atoms with van der Waals surface area (Å²) in [5.41, 5.74) is 1.69. The van der Waals surface area contributed by atoms with Crippen molar-refractivity contribution >= 4 is 29.2 Å². The molecule has 0 spiro atoms. The van der Waals surface area contributed by atoms with Crippen LogP contribution >= 0.6 is 23.5 Å². The van der Waals surface area contributed by atoms with E-state index in [0.717, 1.165) is 11.3 Å². The Morgan fingerprint density at radius 1 is 1.58 bits per heavy atom. The molecule has 1 rings (SSSR count). The van der Waals surface area contributed by atoms with Gasteiger partial charge in [-0.2, -0.15) is 0 Å². The van der Waals surface area contributed by atoms with Crippen LogP contribution < -0.4 is 4.72 Å². The molecule has 0 fully saturated rings. The topological polar surface area (TPSA) is 12.0 Å². The predicted octanol–water partition coefficient (Wildman–Crippen LogP) is 3.01. The average Bonchev–Trinajstić information content (AvgIpc) is 2.05. The van der Waals surface area contributed by atoms with E-state index in [0.29, 0.717) is 5.02 Å². The molecule has 0 atom stereocenters. The van der Waals surface area contributed by atoms with Gasteiger partial charge in [0.15, 0.2) is 0 Å². The van der Waals surface area contributed by atoms with Crippen molar-refractivity contribution in [1.29, 1.82) is 0 Å². The van der Waals surface area contributed by atoms with E-state index in [1.807, 2.05) is 24.5 Å². The Labute approximate surface area is 81.6 Å². The van der Waals surface area contributed by atoms with Crippen LogP contribution in [0, 0.1) is 12.3 Å². The van der Waals surface area contributed by atoms with Crippen LogP contribution in [0.3, 0.4) is 0 Å². The molecule has 0 heterocycles. The van der Waals surface area contributed by atoms with Crippen molar-refractivity contribution < 1.29 is 0 Å². The predicted molar refractivity (Wildman–Crippen MR) is 56.5 cm³/mol. The number of hydrogen-bond donors (Lipinski definition) is 1. The van der Waals surface area contributed by atoms with E-state index in [-0.39, 0.29) is 0 Å². The summed E-state index contributed by atoms with van der Waals surface area (Å²) >= 11 is 7.39. The summed E-state index contributed by atoms with van der Waals surface area (Å²) in [6, 6.07) is 5.53. The zero-order valence-corrected chi connectivity index (χ0v) is 8.17. The highest BCUT2D eigenvalue weighted by Crippen LogP contribution is 2.21. The van der Waals surface area contributed by atoms with E-state index < -0.39 is 0 Å². The molecule has 0 saturated heterocycles. The molecule has 0 saturated carbocycles. The van der Waals surface area contributed by atoms with Gasteiger partial charge in [-0.3, -0.25) is 0 Å². The van der Waals surface area contributed by atoms with Gasteiger partial charge in [-0.15, -0.1) is 6.42 Å². The Bertz CT molecular complexity index is 317. The number of anilines is 1. The number of benzene rings is 1. The average molecular weight is 198 g/mol. The molecular weight excluding hydrogens is 190 g/mol. The molecule has 1 N–H and O–H groups in total. The van der Waals surface area contributed by atoms with Crippen LogP contribution in [-0.2, 0) is 0 Å². The molecule has 12 heavy (non-hydrogen) atoms. The summed E-state index contributed by atoms with van der Waals surface area (Å²) in [7, 11) is 0. The molecule has 0 aliphatic heterocycles. The number of terminal acetylenes is 1. The van der Waals surface area contributed by atoms with Crippen molar-refractivity contribution in [3.8, 4) is 12.3 Å². The Morgan fingerprint density at radius 3 is 2.83 bits per heavy atom. The monoisotopic (exact) mass is 197 g/mol. The Kier molecular flexibility index (Phi) is 3.33. The van der Waals surface area contributed by atoms with Gasteiger partial charge in [-0.05, 0) is 18.2 Å². The van der Waals surface area contributed by atoms with Gasteiger partial charge in [0.1, 0.15) is 0 Å². The molecule has 0 aromatic heterocycles. The van der Waals surface area contributed by atoms with Crippen molar-refractivity contribution in [2.45, 2.75) is 0 Å². The third-order valence-corrected chi connectivity index (χ3v) is 2.10. The van der Waals surface area contributed by atoms with Crippen LogP contribution in [0.4, 0.5) is 5.69 Å². The van der Waals surface area contributed by atoms with Crippen LogP contribution in [-0.4, -0.2) is 6.26 Å². The van der Waals surface area contributed by atoms with Crippen LogP contribution in [0.1, 0.15) is 5.56 Å². The van der Waals surface area contributed by atoms with E-state index in [9.17, 15) is 0 Å². The molecule has 0 aliphatic carbocycles. The van der Waals surface area contributed by atoms with Crippen LogP contribution in [0.25, 0.3) is 0 Å². The molecular formula is C9H8ClNS. The lowest BCUT2D eigenvalue weighted by molar-refractivity contribution is 1.63. The number of rotatable bonds is 2. The molecule has 0 aliphatic rings. The number of hydrogen-bond acceptors (Lipinski definition) is 2. The first-order chi connectivity index (χ1) is 5.77. The maximum atomic E-state index is 5.87. The van der Waals surface area contributed by atoms with Gasteiger partial charge >= 0.3 is 0 Å². The lowest BCUT2D eigenvalue weighted by Gasteiger charge is -2.02. The summed E-state index contributed by atoms with van der Waals surface area (Å²) in [6.45, 7) is 0. The molecule has 62 valence electrons. The summed E-state index contributed by atoms with van der Waals surface area (Å²) in [4.78, 5) is 0. The lowest BCUT2D eigenvalue weighted by atomic mass is 10.2. The number of halogens is 1. The molecule has 1 aromatic carbocycles. The zero-order valence-electron chi connectivity index (χ0n) is 6.60. The fraction of sp³-hybridized carbons (Fsp3) is 0.111. The highest BCUT2D eigenvalue weighted by atomic mass is 35.5. The maximum absolute atomic E-state index is 5.87. The van der Waals surface area contributed by atoms with Crippen LogP contribution in [0.2, 0.25) is 5.02 Å². The third-order valence-electron chi connectivity index (χ3n) is 1.34. The van der Waals surface area contributed by atoms with Crippen molar-refractivity contribution in [3.05, 3.63) is 28.8 Å². The molecule has 0 amide bonds. The van der Waals surface area contributed by atoms with Crippen molar-refractivity contribution in [2.24, 2.45) is 0 Å². The smallest absolute Gasteiger partial charge is 0.0583 e. The molecule has 3 heteroatoms. The van der Waals surface area contributed by atoms with Gasteiger partial charge in [-0.25, -0.2) is 0 Å². The van der Waals surface area contributed by atoms with E-state index in [4.69, 9.17) is 18.0 Å². The van der Waals surface area contributed by atoms with Crippen LogP contribution in [0.15, 0.2) is 18.2 Å². The van der Waals surface area contributed by atoms with Gasteiger partial charge in [0, 0.05) is 17.5 Å². The minimum Gasteiger partial charge on any atom is -0.330 e. The fourth-order valence-electron chi connectivity index (χ4n) is 0.814. The summed E-state index contributed by atoms with van der Waals surface area (Å²) in [5, 5.41) is 0.608. The Morgan fingerprint density at radius 2 is 2.33 bits per heavy atom. The molecule has 0 bridgehead atoms.